The van der Waals surface area contributed by atoms with Gasteiger partial charge in [-0.25, -0.2) is 9.18 Å². The van der Waals surface area contributed by atoms with Gasteiger partial charge in [-0.2, -0.15) is 0 Å². The average molecular weight is 607 g/mol. The molecular formula is C33H39FN4O6. The minimum atomic E-state index is -1.03. The third-order valence-corrected chi connectivity index (χ3v) is 7.20. The first-order valence-electron chi connectivity index (χ1n) is 13.9. The fourth-order valence-corrected chi connectivity index (χ4v) is 4.48. The van der Waals surface area contributed by atoms with E-state index in [0.717, 1.165) is 24.0 Å². The van der Waals surface area contributed by atoms with E-state index in [0.29, 0.717) is 34.7 Å². The van der Waals surface area contributed by atoms with Crippen LogP contribution in [0.5, 0.6) is 11.5 Å². The van der Waals surface area contributed by atoms with Crippen LogP contribution >= 0.6 is 0 Å². The quantitative estimate of drug-likeness (QED) is 0.215. The number of carbonyl (C=O) groups is 3. The number of aromatic carboxylic acids is 1. The van der Waals surface area contributed by atoms with Gasteiger partial charge < -0.3 is 35.1 Å². The molecule has 10 nitrogen and oxygen atoms in total. The molecule has 0 saturated heterocycles. The van der Waals surface area contributed by atoms with Crippen molar-refractivity contribution in [2.24, 2.45) is 5.73 Å². The Kier molecular flexibility index (Phi) is 11.1. The molecule has 0 bridgehead atoms. The van der Waals surface area contributed by atoms with Crippen molar-refractivity contribution in [1.82, 2.24) is 9.47 Å². The molecule has 4 rings (SSSR count). The molecule has 1 aromatic heterocycles. The second-order valence-corrected chi connectivity index (χ2v) is 11.0. The van der Waals surface area contributed by atoms with Gasteiger partial charge in [-0.3, -0.25) is 9.59 Å². The van der Waals surface area contributed by atoms with Crippen molar-refractivity contribution >= 4 is 34.4 Å². The minimum Gasteiger partial charge on any atom is -0.493 e. The first-order valence-corrected chi connectivity index (χ1v) is 13.9. The van der Waals surface area contributed by atoms with Crippen LogP contribution in [0.3, 0.4) is 0 Å². The van der Waals surface area contributed by atoms with Crippen LogP contribution in [0.4, 0.5) is 10.1 Å². The summed E-state index contributed by atoms with van der Waals surface area (Å²) in [5, 5.41) is 12.4. The summed E-state index contributed by atoms with van der Waals surface area (Å²) in [7, 11) is 7.03. The van der Waals surface area contributed by atoms with Gasteiger partial charge in [0.25, 0.3) is 5.91 Å². The second kappa shape index (κ2) is 14.5. The molecule has 0 aliphatic carbocycles. The van der Waals surface area contributed by atoms with E-state index in [9.17, 15) is 18.8 Å². The molecule has 0 saturated carbocycles. The van der Waals surface area contributed by atoms with Crippen molar-refractivity contribution in [3.63, 3.8) is 0 Å². The van der Waals surface area contributed by atoms with E-state index in [2.05, 4.69) is 10.2 Å². The predicted octanol–water partition coefficient (Wildman–Crippen LogP) is 5.15. The van der Waals surface area contributed by atoms with E-state index in [1.54, 1.807) is 68.6 Å². The molecular weight excluding hydrogens is 567 g/mol. The number of carbonyl (C=O) groups excluding carboxylic acids is 2. The molecule has 1 heterocycles. The van der Waals surface area contributed by atoms with Gasteiger partial charge in [0, 0.05) is 34.9 Å². The number of nitrogens with one attached hydrogen (secondary N) is 1. The van der Waals surface area contributed by atoms with Crippen molar-refractivity contribution in [3.05, 3.63) is 89.4 Å². The molecule has 4 aromatic rings. The van der Waals surface area contributed by atoms with E-state index in [-0.39, 0.29) is 11.5 Å². The summed E-state index contributed by atoms with van der Waals surface area (Å²) in [6.07, 6.45) is 2.50. The molecule has 0 fully saturated rings. The first kappa shape index (κ1) is 33.6. The lowest BCUT2D eigenvalue weighted by Gasteiger charge is -2.21. The third-order valence-electron chi connectivity index (χ3n) is 7.20. The Hall–Kier alpha value is -4.90. The maximum absolute atomic E-state index is 13.2. The summed E-state index contributed by atoms with van der Waals surface area (Å²) in [6, 6.07) is 16.2. The predicted molar refractivity (Wildman–Crippen MR) is 168 cm³/mol. The van der Waals surface area contributed by atoms with Crippen LogP contribution in [0.25, 0.3) is 10.9 Å². The molecule has 0 atom stereocenters. The number of benzene rings is 3. The molecule has 234 valence electrons. The lowest BCUT2D eigenvalue weighted by atomic mass is 9.84. The highest BCUT2D eigenvalue weighted by atomic mass is 19.1. The van der Waals surface area contributed by atoms with Crippen molar-refractivity contribution in [2.45, 2.75) is 32.2 Å². The number of amides is 2. The normalized spacial score (nSPS) is 11.1. The smallest absolute Gasteiger partial charge is 0.337 e. The zero-order valence-electron chi connectivity index (χ0n) is 25.8. The van der Waals surface area contributed by atoms with E-state index in [1.807, 2.05) is 18.7 Å². The van der Waals surface area contributed by atoms with Crippen LogP contribution in [-0.2, 0) is 16.8 Å². The summed E-state index contributed by atoms with van der Waals surface area (Å²) in [4.78, 5) is 37.2. The Morgan fingerprint density at radius 1 is 0.977 bits per heavy atom. The van der Waals surface area contributed by atoms with Crippen LogP contribution in [0.2, 0.25) is 0 Å². The van der Waals surface area contributed by atoms with Gasteiger partial charge in [0.15, 0.2) is 11.5 Å². The number of nitrogens with two attached hydrogens (primary N) is 1. The topological polar surface area (TPSA) is 136 Å². The fourth-order valence-electron chi connectivity index (χ4n) is 4.48. The number of anilines is 1. The summed E-state index contributed by atoms with van der Waals surface area (Å²) >= 11 is 0. The number of methoxy groups -OCH3 is 2. The number of primary amides is 1. The Bertz CT molecular complexity index is 1630. The molecule has 0 spiro atoms. The van der Waals surface area contributed by atoms with E-state index >= 15 is 0 Å². The van der Waals surface area contributed by atoms with Crippen LogP contribution in [0, 0.1) is 5.82 Å². The largest absolute Gasteiger partial charge is 0.493 e. The number of rotatable bonds is 11. The average Bonchev–Trinajstić information content (AvgIpc) is 3.34. The number of carboxylic acid groups (broad SMARTS) is 1. The monoisotopic (exact) mass is 606 g/mol. The standard InChI is InChI=1S/C19H22N2O4.C14H17FN2O2/c1-19(2,18(20)23)13-6-8-14(9-7-13)21-17(22)12-5-10-15(24-3)16(11-12)25-4;1-16(2)6-3-7-17-9-12(14(18)19)11-8-10(15)4-5-13(11)17/h5-11H,1-4H3,(H2,20,23)(H,21,22);4-5,8-9H,3,6-7H2,1-2H3,(H,18,19). The number of hydrogen-bond acceptors (Lipinski definition) is 6. The molecule has 0 aliphatic heterocycles. The molecule has 44 heavy (non-hydrogen) atoms. The molecule has 0 radical (unpaired) electrons. The number of carboxylic acids is 1. The summed E-state index contributed by atoms with van der Waals surface area (Å²) < 4.78 is 25.5. The maximum Gasteiger partial charge on any atom is 0.337 e. The molecule has 0 unspecified atom stereocenters. The molecule has 2 amide bonds. The van der Waals surface area contributed by atoms with E-state index in [4.69, 9.17) is 20.3 Å². The van der Waals surface area contributed by atoms with Crippen molar-refractivity contribution in [2.75, 3.05) is 40.2 Å². The lowest BCUT2D eigenvalue weighted by Crippen LogP contribution is -2.35. The van der Waals surface area contributed by atoms with Gasteiger partial charge in [0.05, 0.1) is 25.2 Å². The Balaban J connectivity index is 0.000000249. The SMILES string of the molecule is CN(C)CCCn1cc(C(=O)O)c2cc(F)ccc21.COc1ccc(C(=O)Nc2ccc(C(C)(C)C(N)=O)cc2)cc1OC. The third kappa shape index (κ3) is 8.13. The number of ether oxygens (including phenoxy) is 2. The second-order valence-electron chi connectivity index (χ2n) is 11.0. The number of nitrogens with zero attached hydrogens (tertiary/aromatic N) is 2. The van der Waals surface area contributed by atoms with E-state index < -0.39 is 23.1 Å². The number of aryl methyl sites for hydroxylation is 1. The summed E-state index contributed by atoms with van der Waals surface area (Å²) in [5.41, 5.74) is 7.40. The van der Waals surface area contributed by atoms with E-state index in [1.165, 1.54) is 26.4 Å². The van der Waals surface area contributed by atoms with Crippen LogP contribution in [0.1, 0.15) is 46.5 Å². The zero-order chi connectivity index (χ0) is 32.6. The van der Waals surface area contributed by atoms with Gasteiger partial charge in [0.2, 0.25) is 5.91 Å². The van der Waals surface area contributed by atoms with Gasteiger partial charge in [-0.1, -0.05) is 12.1 Å². The van der Waals surface area contributed by atoms with Crippen LogP contribution in [0.15, 0.2) is 66.9 Å². The molecule has 0 aliphatic rings. The van der Waals surface area contributed by atoms with Crippen LogP contribution < -0.4 is 20.5 Å². The Morgan fingerprint density at radius 3 is 2.20 bits per heavy atom. The highest BCUT2D eigenvalue weighted by molar-refractivity contribution is 6.05. The van der Waals surface area contributed by atoms with Gasteiger partial charge in [-0.05, 0) is 95.0 Å². The molecule has 11 heteroatoms. The Labute approximate surface area is 256 Å². The minimum absolute atomic E-state index is 0.152. The first-order chi connectivity index (χ1) is 20.8. The number of fused-ring (bicyclic) bond motifs is 1. The summed E-state index contributed by atoms with van der Waals surface area (Å²) in [6.45, 7) is 5.15. The maximum atomic E-state index is 13.2. The Morgan fingerprint density at radius 2 is 1.64 bits per heavy atom. The van der Waals surface area contributed by atoms with Gasteiger partial charge in [0.1, 0.15) is 5.82 Å². The molecule has 3 aromatic carbocycles. The molecule has 4 N–H and O–H groups in total. The van der Waals surface area contributed by atoms with Crippen LogP contribution in [-0.4, -0.2) is 67.2 Å². The van der Waals surface area contributed by atoms with Crippen molar-refractivity contribution in [1.29, 1.82) is 0 Å². The number of aromatic nitrogens is 1. The highest BCUT2D eigenvalue weighted by Gasteiger charge is 2.27. The number of hydrogen-bond donors (Lipinski definition) is 3. The fraction of sp³-hybridized carbons (Fsp3) is 0.303. The highest BCUT2D eigenvalue weighted by Crippen LogP contribution is 2.29. The zero-order valence-corrected chi connectivity index (χ0v) is 25.8. The summed E-state index contributed by atoms with van der Waals surface area (Å²) in [5.74, 6) is -1.09. The van der Waals surface area contributed by atoms with Crippen molar-refractivity contribution < 1.29 is 33.4 Å². The van der Waals surface area contributed by atoms with Crippen molar-refractivity contribution in [3.8, 4) is 11.5 Å². The van der Waals surface area contributed by atoms with Gasteiger partial charge >= 0.3 is 5.97 Å². The van der Waals surface area contributed by atoms with Gasteiger partial charge in [-0.15, -0.1) is 0 Å². The number of halogens is 1. The lowest BCUT2D eigenvalue weighted by molar-refractivity contribution is -0.122.